The molecule has 4 aromatic heterocycles. The van der Waals surface area contributed by atoms with E-state index in [2.05, 4.69) is 47.6 Å². The fourth-order valence-corrected chi connectivity index (χ4v) is 8.44. The molecule has 2 saturated heterocycles. The van der Waals surface area contributed by atoms with Gasteiger partial charge in [-0.2, -0.15) is 10.1 Å². The van der Waals surface area contributed by atoms with Crippen LogP contribution in [0.2, 0.25) is 0 Å². The first-order valence-electron chi connectivity index (χ1n) is 13.0. The van der Waals surface area contributed by atoms with Gasteiger partial charge in [-0.25, -0.2) is 19.2 Å². The molecule has 2 unspecified atom stereocenters. The van der Waals surface area contributed by atoms with Crippen molar-refractivity contribution in [3.63, 3.8) is 0 Å². The predicted molar refractivity (Wildman–Crippen MR) is 165 cm³/mol. The number of aromatic amines is 1. The molecule has 25 heteroatoms. The lowest BCUT2D eigenvalue weighted by molar-refractivity contribution is -0.0421. The van der Waals surface area contributed by atoms with E-state index in [0.29, 0.717) is 11.3 Å². The summed E-state index contributed by atoms with van der Waals surface area (Å²) < 4.78 is 37.8. The summed E-state index contributed by atoms with van der Waals surface area (Å²) in [6.45, 7) is -4.91. The molecular formula is C20H26N11O9P2S3+. The number of ether oxygens (including phenoxy) is 2. The fourth-order valence-electron chi connectivity index (χ4n) is 5.02. The molecule has 0 spiro atoms. The van der Waals surface area contributed by atoms with Gasteiger partial charge in [0.15, 0.2) is 22.6 Å². The predicted octanol–water partition coefficient (Wildman–Crippen LogP) is -0.752. The van der Waals surface area contributed by atoms with Crippen molar-refractivity contribution in [1.82, 2.24) is 44.5 Å². The van der Waals surface area contributed by atoms with Gasteiger partial charge in [-0.05, 0) is 11.8 Å². The van der Waals surface area contributed by atoms with Crippen LogP contribution in [0.1, 0.15) is 23.6 Å². The second-order valence-corrected chi connectivity index (χ2v) is 16.3. The molecule has 9 atom stereocenters. The lowest BCUT2D eigenvalue weighted by atomic mass is 10.1. The van der Waals surface area contributed by atoms with Crippen molar-refractivity contribution in [3.05, 3.63) is 28.6 Å². The number of nitrogen functional groups attached to an aromatic ring is 2. The first kappa shape index (κ1) is 32.5. The van der Waals surface area contributed by atoms with E-state index in [1.807, 2.05) is 0 Å². The summed E-state index contributed by atoms with van der Waals surface area (Å²) in [4.78, 5) is 38.0. The first-order chi connectivity index (χ1) is 21.5. The molecule has 2 aliphatic heterocycles. The number of imidazole rings is 1. The number of H-pyrrole nitrogens is 1. The third-order valence-corrected chi connectivity index (χ3v) is 10.8. The Hall–Kier alpha value is -2.40. The van der Waals surface area contributed by atoms with Crippen LogP contribution < -0.4 is 17.0 Å². The number of nitrogens with zero attached hydrogens (tertiary/aromatic N) is 8. The Morgan fingerprint density at radius 2 is 2.13 bits per heavy atom. The van der Waals surface area contributed by atoms with Gasteiger partial charge in [0, 0.05) is 6.42 Å². The average molecular weight is 723 g/mol. The third-order valence-electron chi connectivity index (χ3n) is 7.03. The van der Waals surface area contributed by atoms with Gasteiger partial charge in [-0.15, -0.1) is 16.9 Å². The minimum Gasteiger partial charge on any atom is -0.395 e. The van der Waals surface area contributed by atoms with E-state index in [4.69, 9.17) is 41.8 Å². The maximum absolute atomic E-state index is 12.3. The van der Waals surface area contributed by atoms with Crippen molar-refractivity contribution in [1.29, 1.82) is 0 Å². The number of nitrogens with two attached hydrogens (primary N) is 2. The Bertz CT molecular complexity index is 1850. The number of thiol groups is 1. The van der Waals surface area contributed by atoms with Crippen LogP contribution in [-0.2, 0) is 34.9 Å². The zero-order chi connectivity index (χ0) is 32.0. The van der Waals surface area contributed by atoms with Crippen LogP contribution in [0.5, 0.6) is 0 Å². The number of aromatic nitrogens is 9. The monoisotopic (exact) mass is 722 g/mol. The minimum atomic E-state index is -4.14. The maximum atomic E-state index is 12.3. The first-order valence-corrected chi connectivity index (χ1v) is 19.1. The molecule has 45 heavy (non-hydrogen) atoms. The Morgan fingerprint density at radius 1 is 1.33 bits per heavy atom. The number of hydrogen-bond donors (Lipinski definition) is 7. The fraction of sp³-hybridized carbons (Fsp3) is 0.550. The van der Waals surface area contributed by atoms with Gasteiger partial charge in [0.05, 0.1) is 42.6 Å². The van der Waals surface area contributed by atoms with Crippen LogP contribution in [0, 0.1) is 0 Å². The topological polar surface area (TPSA) is 286 Å². The van der Waals surface area contributed by atoms with Gasteiger partial charge in [0.2, 0.25) is 5.95 Å². The molecule has 0 aliphatic carbocycles. The summed E-state index contributed by atoms with van der Waals surface area (Å²) in [5, 5.41) is 31.1. The highest BCUT2D eigenvalue weighted by atomic mass is 32.7. The van der Waals surface area contributed by atoms with E-state index in [0.717, 1.165) is 11.8 Å². The van der Waals surface area contributed by atoms with E-state index >= 15 is 0 Å². The molecule has 0 saturated carbocycles. The van der Waals surface area contributed by atoms with E-state index in [1.54, 1.807) is 0 Å². The Kier molecular flexibility index (Phi) is 9.41. The highest BCUT2D eigenvalue weighted by molar-refractivity contribution is 8.40. The van der Waals surface area contributed by atoms with Crippen LogP contribution >= 0.6 is 37.7 Å². The molecule has 0 aromatic carbocycles. The molecule has 2 fully saturated rings. The molecule has 20 nitrogen and oxygen atoms in total. The highest BCUT2D eigenvalue weighted by Gasteiger charge is 2.49. The second kappa shape index (κ2) is 13.0. The summed E-state index contributed by atoms with van der Waals surface area (Å²) in [5.74, 6) is -0.0219. The van der Waals surface area contributed by atoms with Crippen LogP contribution in [0.15, 0.2) is 17.3 Å². The van der Waals surface area contributed by atoms with Crippen molar-refractivity contribution >= 4 is 78.1 Å². The zero-order valence-corrected chi connectivity index (χ0v) is 27.0. The normalized spacial score (nSPS) is 28.6. The number of aliphatic hydroxyl groups is 2. The van der Waals surface area contributed by atoms with Crippen LogP contribution in [0.4, 0.5) is 11.8 Å². The number of fused-ring (bicyclic) bond motifs is 2. The van der Waals surface area contributed by atoms with E-state index in [-0.39, 0.29) is 42.3 Å². The summed E-state index contributed by atoms with van der Waals surface area (Å²) in [6.07, 6.45) is -1.84. The van der Waals surface area contributed by atoms with Gasteiger partial charge in [-0.3, -0.25) is 14.3 Å². The van der Waals surface area contributed by atoms with Crippen molar-refractivity contribution in [2.75, 3.05) is 31.0 Å². The number of nitrogens with one attached hydrogen (secondary N) is 1. The van der Waals surface area contributed by atoms with E-state index in [9.17, 15) is 24.5 Å². The standard InChI is InChI=1S/C20H25N11O9P2S3/c21-15-17-23-2-7(30(17)25-5-24-15)8-1-9(37-6-41(35)43)10(39-8)4-38-42(36,44)40-14-13(33)11(3-32)45-19(14)31-16-12(28-29-31)18(34)27-20(22)26-16/h2,5,8-11,13-14,19,32-33H,1,3-4,6H2,(H6-,21,22,24,25,26,27,29,34,35,36,43,44)/p+1/t8-,9+,10-,11-,13-,14-,19-,42?/m1/s1. The third kappa shape index (κ3) is 6.58. The Labute approximate surface area is 267 Å². The van der Waals surface area contributed by atoms with Gasteiger partial charge < -0.3 is 40.6 Å². The molecule has 6 rings (SSSR count). The quantitative estimate of drug-likeness (QED) is 0.0740. The van der Waals surface area contributed by atoms with Gasteiger partial charge >= 0.3 is 13.7 Å². The molecule has 2 aliphatic rings. The second-order valence-electron chi connectivity index (χ2n) is 9.88. The van der Waals surface area contributed by atoms with Crippen molar-refractivity contribution in [2.24, 2.45) is 0 Å². The summed E-state index contributed by atoms with van der Waals surface area (Å²) >= 11 is 10.2. The molecule has 4 aromatic rings. The Balaban J connectivity index is 1.20. The number of anilines is 2. The lowest BCUT2D eigenvalue weighted by Crippen LogP contribution is -2.35. The molecule has 0 radical (unpaired) electrons. The van der Waals surface area contributed by atoms with Crippen LogP contribution in [0.25, 0.3) is 16.8 Å². The van der Waals surface area contributed by atoms with Crippen molar-refractivity contribution < 1.29 is 38.2 Å². The summed E-state index contributed by atoms with van der Waals surface area (Å²) in [6, 6.07) is 0. The molecule has 8 N–H and O–H groups in total. The van der Waals surface area contributed by atoms with Gasteiger partial charge in [0.25, 0.3) is 11.9 Å². The van der Waals surface area contributed by atoms with Crippen molar-refractivity contribution in [2.45, 2.75) is 47.6 Å². The average Bonchev–Trinajstić information content (AvgIpc) is 3.76. The van der Waals surface area contributed by atoms with Gasteiger partial charge in [0.1, 0.15) is 42.3 Å². The summed E-state index contributed by atoms with van der Waals surface area (Å²) in [7, 11) is -1.94. The largest absolute Gasteiger partial charge is 0.435 e. The van der Waals surface area contributed by atoms with Crippen molar-refractivity contribution in [3.8, 4) is 0 Å². The molecular weight excluding hydrogens is 696 g/mol. The lowest BCUT2D eigenvalue weighted by Gasteiger charge is -2.27. The summed E-state index contributed by atoms with van der Waals surface area (Å²) in [5.41, 5.74) is 11.7. The van der Waals surface area contributed by atoms with Gasteiger partial charge in [-0.1, -0.05) is 9.78 Å². The SMILES string of the molecule is Nc1nc2c(nnn2[C@@H]2S[C@H](CO)[C@@H](O)[C@H]2OP(O)(=S)OC[C@H]2O[C@@H](c3cnc4c(N)ncnn34)C[C@@H]2OC[P+](=O)S)c(=O)[nH]1. The Morgan fingerprint density at radius 3 is 2.89 bits per heavy atom. The number of thioether (sulfide) groups is 1. The van der Waals surface area contributed by atoms with Crippen LogP contribution in [0.3, 0.4) is 0 Å². The van der Waals surface area contributed by atoms with E-state index in [1.165, 1.54) is 21.7 Å². The number of aliphatic hydroxyl groups excluding tert-OH is 2. The molecule has 242 valence electrons. The van der Waals surface area contributed by atoms with Crippen LogP contribution in [-0.4, -0.2) is 109 Å². The molecule has 0 amide bonds. The molecule has 6 heterocycles. The number of rotatable bonds is 11. The van der Waals surface area contributed by atoms with E-state index < -0.39 is 67.0 Å². The molecule has 0 bridgehead atoms. The maximum Gasteiger partial charge on any atom is 0.435 e. The number of hydrogen-bond acceptors (Lipinski definition) is 18. The zero-order valence-electron chi connectivity index (χ0n) is 22.7. The smallest absolute Gasteiger partial charge is 0.395 e. The highest BCUT2D eigenvalue weighted by Crippen LogP contribution is 2.53. The minimum absolute atomic E-state index is 0.00682.